The Balaban J connectivity index is 2.77. The molecule has 1 aliphatic heterocycles. The van der Waals surface area contributed by atoms with Gasteiger partial charge in [-0.15, -0.1) is 0 Å². The molecule has 5 N–H and O–H groups in total. The molecule has 0 aromatic rings. The number of nitrogens with two attached hydrogens (primary N) is 2. The first-order valence-electron chi connectivity index (χ1n) is 2.65. The van der Waals surface area contributed by atoms with Crippen molar-refractivity contribution in [2.45, 2.75) is 0 Å². The zero-order valence-corrected chi connectivity index (χ0v) is 4.96. The molecule has 0 aliphatic carbocycles. The van der Waals surface area contributed by atoms with Gasteiger partial charge in [0.2, 0.25) is 0 Å². The van der Waals surface area contributed by atoms with Crippen molar-refractivity contribution in [2.75, 3.05) is 0 Å². The first kappa shape index (κ1) is 5.75. The predicted molar refractivity (Wildman–Crippen MR) is 36.8 cm³/mol. The van der Waals surface area contributed by atoms with Crippen LogP contribution in [0.5, 0.6) is 0 Å². The molecule has 1 rings (SSSR count). The minimum atomic E-state index is 0.567. The second-order valence-electron chi connectivity index (χ2n) is 1.75. The Bertz CT molecular complexity index is 168. The molecule has 3 nitrogen and oxygen atoms in total. The largest absolute Gasteiger partial charge is 0.385 e. The predicted octanol–water partition coefficient (Wildman–Crippen LogP) is -0.254. The number of hydrogen-bond acceptors (Lipinski definition) is 3. The third-order valence-electron chi connectivity index (χ3n) is 0.951. The molecule has 0 aromatic carbocycles. The second-order valence-corrected chi connectivity index (χ2v) is 1.75. The highest BCUT2D eigenvalue weighted by molar-refractivity contribution is 5.22. The number of rotatable bonds is 0. The number of allylic oxidation sites excluding steroid dienone is 4. The van der Waals surface area contributed by atoms with Gasteiger partial charge in [-0.25, -0.2) is 0 Å². The van der Waals surface area contributed by atoms with Crippen LogP contribution in [0.25, 0.3) is 0 Å². The van der Waals surface area contributed by atoms with Crippen LogP contribution in [0.3, 0.4) is 0 Å². The second kappa shape index (κ2) is 2.26. The molecule has 0 amide bonds. The van der Waals surface area contributed by atoms with E-state index in [1.165, 1.54) is 0 Å². The van der Waals surface area contributed by atoms with Crippen molar-refractivity contribution >= 4 is 0 Å². The summed E-state index contributed by atoms with van der Waals surface area (Å²) >= 11 is 0. The fourth-order valence-corrected chi connectivity index (χ4v) is 0.568. The van der Waals surface area contributed by atoms with E-state index in [-0.39, 0.29) is 0 Å². The molecule has 9 heavy (non-hydrogen) atoms. The maximum Gasteiger partial charge on any atom is 0.102 e. The van der Waals surface area contributed by atoms with Crippen molar-refractivity contribution in [3.05, 3.63) is 35.9 Å². The van der Waals surface area contributed by atoms with Gasteiger partial charge in [0.05, 0.1) is 0 Å². The number of nitrogens with one attached hydrogen (secondary N) is 1. The van der Waals surface area contributed by atoms with Gasteiger partial charge in [0.25, 0.3) is 0 Å². The summed E-state index contributed by atoms with van der Waals surface area (Å²) in [6, 6.07) is 0. The van der Waals surface area contributed by atoms with E-state index >= 15 is 0 Å². The van der Waals surface area contributed by atoms with E-state index in [4.69, 9.17) is 11.5 Å². The molecule has 0 atom stereocenters. The first-order chi connectivity index (χ1) is 4.29. The van der Waals surface area contributed by atoms with Crippen LogP contribution >= 0.6 is 0 Å². The molecule has 3 heteroatoms. The van der Waals surface area contributed by atoms with E-state index in [9.17, 15) is 0 Å². The molecule has 0 spiro atoms. The van der Waals surface area contributed by atoms with Gasteiger partial charge in [-0.3, -0.25) is 0 Å². The third-order valence-corrected chi connectivity index (χ3v) is 0.951. The highest BCUT2D eigenvalue weighted by Gasteiger charge is 1.90. The van der Waals surface area contributed by atoms with Crippen molar-refractivity contribution in [1.82, 2.24) is 5.32 Å². The zero-order valence-electron chi connectivity index (χ0n) is 4.96. The Morgan fingerprint density at radius 3 is 1.89 bits per heavy atom. The van der Waals surface area contributed by atoms with Crippen molar-refractivity contribution in [1.29, 1.82) is 0 Å². The summed E-state index contributed by atoms with van der Waals surface area (Å²) in [7, 11) is 0. The van der Waals surface area contributed by atoms with Crippen LogP contribution < -0.4 is 16.8 Å². The topological polar surface area (TPSA) is 64.1 Å². The van der Waals surface area contributed by atoms with Gasteiger partial charge in [-0.05, 0) is 12.2 Å². The van der Waals surface area contributed by atoms with E-state index in [1.807, 2.05) is 12.2 Å². The van der Waals surface area contributed by atoms with Crippen molar-refractivity contribution in [3.63, 3.8) is 0 Å². The molecule has 0 radical (unpaired) electrons. The average Bonchev–Trinajstić information content (AvgIpc) is 1.93. The molecule has 1 heterocycles. The van der Waals surface area contributed by atoms with E-state index < -0.39 is 0 Å². The average molecular weight is 123 g/mol. The molecule has 1 aliphatic rings. The summed E-state index contributed by atoms with van der Waals surface area (Å²) < 4.78 is 0. The lowest BCUT2D eigenvalue weighted by Crippen LogP contribution is -2.23. The van der Waals surface area contributed by atoms with Crippen molar-refractivity contribution in [2.24, 2.45) is 11.5 Å². The summed E-state index contributed by atoms with van der Waals surface area (Å²) in [6.45, 7) is 0. The first-order valence-corrected chi connectivity index (χ1v) is 2.65. The minimum Gasteiger partial charge on any atom is -0.385 e. The van der Waals surface area contributed by atoms with Crippen LogP contribution in [0.15, 0.2) is 35.9 Å². The molecular formula is C6H9N3. The molecular weight excluding hydrogens is 114 g/mol. The minimum absolute atomic E-state index is 0.567. The number of hydrogen-bond donors (Lipinski definition) is 3. The Hall–Kier alpha value is -1.38. The van der Waals surface area contributed by atoms with Crippen LogP contribution in [0.1, 0.15) is 0 Å². The zero-order chi connectivity index (χ0) is 6.69. The maximum absolute atomic E-state index is 5.40. The Labute approximate surface area is 53.7 Å². The molecule has 0 fully saturated rings. The van der Waals surface area contributed by atoms with Crippen molar-refractivity contribution < 1.29 is 0 Å². The molecule has 0 aromatic heterocycles. The van der Waals surface area contributed by atoms with Crippen LogP contribution in [-0.2, 0) is 0 Å². The van der Waals surface area contributed by atoms with Gasteiger partial charge in [-0.2, -0.15) is 0 Å². The van der Waals surface area contributed by atoms with Gasteiger partial charge in [0, 0.05) is 0 Å². The molecule has 48 valence electrons. The van der Waals surface area contributed by atoms with Gasteiger partial charge >= 0.3 is 0 Å². The van der Waals surface area contributed by atoms with E-state index in [0.29, 0.717) is 11.6 Å². The Morgan fingerprint density at radius 1 is 1.00 bits per heavy atom. The summed E-state index contributed by atoms with van der Waals surface area (Å²) in [5, 5.41) is 2.76. The molecule has 0 saturated heterocycles. The van der Waals surface area contributed by atoms with Crippen LogP contribution in [-0.4, -0.2) is 0 Å². The normalized spacial score (nSPS) is 17.3. The van der Waals surface area contributed by atoms with E-state index in [1.54, 1.807) is 12.2 Å². The lowest BCUT2D eigenvalue weighted by molar-refractivity contribution is 0.933. The molecule has 0 saturated carbocycles. The monoisotopic (exact) mass is 123 g/mol. The smallest absolute Gasteiger partial charge is 0.102 e. The highest BCUT2D eigenvalue weighted by Crippen LogP contribution is 1.91. The Kier molecular flexibility index (Phi) is 1.44. The Morgan fingerprint density at radius 2 is 1.44 bits per heavy atom. The fraction of sp³-hybridized carbons (Fsp3) is 0. The van der Waals surface area contributed by atoms with Gasteiger partial charge in [-0.1, -0.05) is 12.2 Å². The summed E-state index contributed by atoms with van der Waals surface area (Å²) in [6.07, 6.45) is 7.14. The quantitative estimate of drug-likeness (QED) is 0.416. The van der Waals surface area contributed by atoms with Crippen LogP contribution in [0, 0.1) is 0 Å². The SMILES string of the molecule is NC1=CC=CC=C(N)N1. The molecule has 0 bridgehead atoms. The lowest BCUT2D eigenvalue weighted by atomic mass is 10.5. The molecule has 0 unspecified atom stereocenters. The highest BCUT2D eigenvalue weighted by atomic mass is 15.1. The lowest BCUT2D eigenvalue weighted by Gasteiger charge is -2.01. The van der Waals surface area contributed by atoms with Gasteiger partial charge < -0.3 is 16.8 Å². The van der Waals surface area contributed by atoms with Crippen LogP contribution in [0.4, 0.5) is 0 Å². The van der Waals surface area contributed by atoms with Crippen LogP contribution in [0.2, 0.25) is 0 Å². The van der Waals surface area contributed by atoms with E-state index in [0.717, 1.165) is 0 Å². The van der Waals surface area contributed by atoms with Gasteiger partial charge in [0.1, 0.15) is 11.6 Å². The summed E-state index contributed by atoms with van der Waals surface area (Å²) in [5.74, 6) is 1.13. The fourth-order valence-electron chi connectivity index (χ4n) is 0.568. The van der Waals surface area contributed by atoms with E-state index in [2.05, 4.69) is 5.32 Å². The van der Waals surface area contributed by atoms with Crippen molar-refractivity contribution in [3.8, 4) is 0 Å². The summed E-state index contributed by atoms with van der Waals surface area (Å²) in [4.78, 5) is 0. The van der Waals surface area contributed by atoms with Gasteiger partial charge in [0.15, 0.2) is 0 Å². The summed E-state index contributed by atoms with van der Waals surface area (Å²) in [5.41, 5.74) is 10.8. The third kappa shape index (κ3) is 1.53. The standard InChI is InChI=1S/C6H9N3/c7-5-3-1-2-4-6(8)9-5/h1-4,9H,7-8H2. The maximum atomic E-state index is 5.40.